The van der Waals surface area contributed by atoms with Gasteiger partial charge in [-0.3, -0.25) is 4.79 Å². The van der Waals surface area contributed by atoms with E-state index in [4.69, 9.17) is 5.11 Å². The maximum Gasteiger partial charge on any atom is 0.328 e. The SMILES string of the molecule is CC(NC(=O)C1CCC1)c1cccc(C=CC(=O)O)c1. The lowest BCUT2D eigenvalue weighted by Crippen LogP contribution is -2.35. The van der Waals surface area contributed by atoms with E-state index in [1.165, 1.54) is 0 Å². The van der Waals surface area contributed by atoms with Crippen molar-refractivity contribution >= 4 is 18.0 Å². The number of nitrogens with one attached hydrogen (secondary N) is 1. The third-order valence-electron chi connectivity index (χ3n) is 3.66. The maximum absolute atomic E-state index is 11.9. The Morgan fingerprint density at radius 3 is 2.75 bits per heavy atom. The van der Waals surface area contributed by atoms with Crippen LogP contribution in [0.25, 0.3) is 6.08 Å². The molecule has 1 aliphatic rings. The molecule has 0 bridgehead atoms. The molecule has 1 atom stereocenters. The Labute approximate surface area is 118 Å². The summed E-state index contributed by atoms with van der Waals surface area (Å²) in [6.07, 6.45) is 5.77. The van der Waals surface area contributed by atoms with Gasteiger partial charge in [0.2, 0.25) is 5.91 Å². The molecular formula is C16H19NO3. The summed E-state index contributed by atoms with van der Waals surface area (Å²) in [4.78, 5) is 22.4. The van der Waals surface area contributed by atoms with Gasteiger partial charge in [-0.15, -0.1) is 0 Å². The van der Waals surface area contributed by atoms with E-state index in [1.54, 1.807) is 6.08 Å². The van der Waals surface area contributed by atoms with Crippen LogP contribution in [-0.4, -0.2) is 17.0 Å². The highest BCUT2D eigenvalue weighted by molar-refractivity contribution is 5.85. The van der Waals surface area contributed by atoms with E-state index in [0.29, 0.717) is 0 Å². The van der Waals surface area contributed by atoms with Gasteiger partial charge in [0.1, 0.15) is 0 Å². The molecule has 2 N–H and O–H groups in total. The van der Waals surface area contributed by atoms with Crippen molar-refractivity contribution in [3.8, 4) is 0 Å². The summed E-state index contributed by atoms with van der Waals surface area (Å²) in [6, 6.07) is 7.46. The summed E-state index contributed by atoms with van der Waals surface area (Å²) >= 11 is 0. The molecule has 20 heavy (non-hydrogen) atoms. The van der Waals surface area contributed by atoms with Gasteiger partial charge in [0.15, 0.2) is 0 Å². The zero-order valence-electron chi connectivity index (χ0n) is 11.5. The van der Waals surface area contributed by atoms with Gasteiger partial charge in [-0.05, 0) is 43.0 Å². The van der Waals surface area contributed by atoms with Gasteiger partial charge < -0.3 is 10.4 Å². The number of benzene rings is 1. The molecule has 1 unspecified atom stereocenters. The van der Waals surface area contributed by atoms with Crippen LogP contribution in [0.5, 0.6) is 0 Å². The van der Waals surface area contributed by atoms with Crippen molar-refractivity contribution in [3.63, 3.8) is 0 Å². The van der Waals surface area contributed by atoms with Crippen LogP contribution in [0.1, 0.15) is 43.4 Å². The van der Waals surface area contributed by atoms with Gasteiger partial charge in [-0.2, -0.15) is 0 Å². The second-order valence-corrected chi connectivity index (χ2v) is 5.20. The topological polar surface area (TPSA) is 66.4 Å². The Hall–Kier alpha value is -2.10. The van der Waals surface area contributed by atoms with Crippen LogP contribution >= 0.6 is 0 Å². The summed E-state index contributed by atoms with van der Waals surface area (Å²) in [5, 5.41) is 11.6. The number of aliphatic carboxylic acids is 1. The first kappa shape index (κ1) is 14.3. The van der Waals surface area contributed by atoms with E-state index in [9.17, 15) is 9.59 Å². The molecule has 2 rings (SSSR count). The minimum atomic E-state index is -0.971. The van der Waals surface area contributed by atoms with Crippen LogP contribution in [0, 0.1) is 5.92 Å². The van der Waals surface area contributed by atoms with Crippen molar-refractivity contribution in [2.75, 3.05) is 0 Å². The standard InChI is InChI=1S/C16H19NO3/c1-11(17-16(20)13-5-3-6-13)14-7-2-4-12(10-14)8-9-15(18)19/h2,4,7-11,13H,3,5-6H2,1H3,(H,17,20)(H,18,19). The first-order chi connectivity index (χ1) is 9.56. The quantitative estimate of drug-likeness (QED) is 0.811. The highest BCUT2D eigenvalue weighted by Gasteiger charge is 2.26. The molecule has 1 saturated carbocycles. The number of rotatable bonds is 5. The zero-order chi connectivity index (χ0) is 14.5. The molecule has 0 heterocycles. The van der Waals surface area contributed by atoms with Crippen LogP contribution in [0.3, 0.4) is 0 Å². The Morgan fingerprint density at radius 1 is 1.40 bits per heavy atom. The molecule has 1 aromatic carbocycles. The third kappa shape index (κ3) is 3.70. The molecule has 106 valence electrons. The fourth-order valence-electron chi connectivity index (χ4n) is 2.18. The van der Waals surface area contributed by atoms with Crippen molar-refractivity contribution in [2.45, 2.75) is 32.2 Å². The van der Waals surface area contributed by atoms with Crippen LogP contribution in [0.4, 0.5) is 0 Å². The first-order valence-corrected chi connectivity index (χ1v) is 6.87. The third-order valence-corrected chi connectivity index (χ3v) is 3.66. The van der Waals surface area contributed by atoms with Crippen LogP contribution in [0.2, 0.25) is 0 Å². The minimum absolute atomic E-state index is 0.0683. The van der Waals surface area contributed by atoms with Gasteiger partial charge in [-0.25, -0.2) is 4.79 Å². The monoisotopic (exact) mass is 273 g/mol. The molecule has 0 saturated heterocycles. The van der Waals surface area contributed by atoms with Gasteiger partial charge >= 0.3 is 5.97 Å². The molecule has 0 spiro atoms. The predicted molar refractivity (Wildman–Crippen MR) is 77.0 cm³/mol. The summed E-state index contributed by atoms with van der Waals surface area (Å²) in [5.41, 5.74) is 1.79. The van der Waals surface area contributed by atoms with Gasteiger partial charge in [0.25, 0.3) is 0 Å². The summed E-state index contributed by atoms with van der Waals surface area (Å²) < 4.78 is 0. The molecule has 1 fully saturated rings. The van der Waals surface area contributed by atoms with Gasteiger partial charge in [0.05, 0.1) is 6.04 Å². The Balaban J connectivity index is 2.01. The highest BCUT2D eigenvalue weighted by Crippen LogP contribution is 2.27. The summed E-state index contributed by atoms with van der Waals surface area (Å²) in [7, 11) is 0. The summed E-state index contributed by atoms with van der Waals surface area (Å²) in [5.74, 6) is -0.676. The molecule has 1 amide bonds. The van der Waals surface area contributed by atoms with Crippen molar-refractivity contribution < 1.29 is 14.7 Å². The number of carbonyl (C=O) groups excluding carboxylic acids is 1. The first-order valence-electron chi connectivity index (χ1n) is 6.87. The number of carboxylic acids is 1. The summed E-state index contributed by atoms with van der Waals surface area (Å²) in [6.45, 7) is 1.94. The molecule has 0 aliphatic heterocycles. The molecule has 1 aromatic rings. The van der Waals surface area contributed by atoms with E-state index in [-0.39, 0.29) is 17.9 Å². The van der Waals surface area contributed by atoms with Crippen molar-refractivity contribution in [2.24, 2.45) is 5.92 Å². The lowest BCUT2D eigenvalue weighted by atomic mass is 9.84. The number of hydrogen-bond donors (Lipinski definition) is 2. The van der Waals surface area contributed by atoms with E-state index in [2.05, 4.69) is 5.32 Å². The van der Waals surface area contributed by atoms with Crippen molar-refractivity contribution in [1.29, 1.82) is 0 Å². The molecule has 0 aromatic heterocycles. The molecule has 4 heteroatoms. The second kappa shape index (κ2) is 6.37. The average Bonchev–Trinajstić information content (AvgIpc) is 2.34. The fraction of sp³-hybridized carbons (Fsp3) is 0.375. The van der Waals surface area contributed by atoms with Crippen molar-refractivity contribution in [3.05, 3.63) is 41.5 Å². The van der Waals surface area contributed by atoms with E-state index < -0.39 is 5.97 Å². The van der Waals surface area contributed by atoms with E-state index in [0.717, 1.165) is 36.5 Å². The number of hydrogen-bond acceptors (Lipinski definition) is 2. The van der Waals surface area contributed by atoms with Crippen molar-refractivity contribution in [1.82, 2.24) is 5.32 Å². The molecular weight excluding hydrogens is 254 g/mol. The molecule has 0 radical (unpaired) electrons. The minimum Gasteiger partial charge on any atom is -0.478 e. The highest BCUT2D eigenvalue weighted by atomic mass is 16.4. The Kier molecular flexibility index (Phi) is 4.56. The molecule has 4 nitrogen and oxygen atoms in total. The largest absolute Gasteiger partial charge is 0.478 e. The van der Waals surface area contributed by atoms with Crippen LogP contribution in [-0.2, 0) is 9.59 Å². The second-order valence-electron chi connectivity index (χ2n) is 5.20. The Bertz CT molecular complexity index is 532. The van der Waals surface area contributed by atoms with E-state index in [1.807, 2.05) is 31.2 Å². The fourth-order valence-corrected chi connectivity index (χ4v) is 2.18. The van der Waals surface area contributed by atoms with E-state index >= 15 is 0 Å². The number of amides is 1. The Morgan fingerprint density at radius 2 is 2.15 bits per heavy atom. The van der Waals surface area contributed by atoms with Crippen LogP contribution in [0.15, 0.2) is 30.3 Å². The lowest BCUT2D eigenvalue weighted by Gasteiger charge is -2.26. The lowest BCUT2D eigenvalue weighted by molar-refractivity contribution is -0.131. The molecule has 1 aliphatic carbocycles. The van der Waals surface area contributed by atoms with Gasteiger partial charge in [0, 0.05) is 12.0 Å². The number of carboxylic acid groups (broad SMARTS) is 1. The zero-order valence-corrected chi connectivity index (χ0v) is 11.5. The van der Waals surface area contributed by atoms with Gasteiger partial charge in [-0.1, -0.05) is 24.6 Å². The van der Waals surface area contributed by atoms with Crippen LogP contribution < -0.4 is 5.32 Å². The maximum atomic E-state index is 11.9. The normalized spacial score (nSPS) is 16.6. The average molecular weight is 273 g/mol. The number of carbonyl (C=O) groups is 2. The smallest absolute Gasteiger partial charge is 0.328 e. The predicted octanol–water partition coefficient (Wildman–Crippen LogP) is 2.76.